The van der Waals surface area contributed by atoms with Crippen LogP contribution < -0.4 is 5.32 Å². The largest absolute Gasteiger partial charge is 0.319 e. The highest BCUT2D eigenvalue weighted by Crippen LogP contribution is 2.30. The van der Waals surface area contributed by atoms with E-state index in [-0.39, 0.29) is 0 Å². The van der Waals surface area contributed by atoms with Crippen LogP contribution in [0, 0.1) is 6.92 Å². The van der Waals surface area contributed by atoms with E-state index in [1.54, 1.807) is 11.3 Å². The number of aryl methyl sites for hydroxylation is 1. The number of nitrogens with zero attached hydrogens (tertiary/aromatic N) is 1. The van der Waals surface area contributed by atoms with E-state index in [1.165, 1.54) is 14.6 Å². The smallest absolute Gasteiger partial charge is 0.133 e. The summed E-state index contributed by atoms with van der Waals surface area (Å²) in [5.41, 5.74) is 0. The molecule has 0 saturated heterocycles. The molecule has 0 spiro atoms. The average Bonchev–Trinajstić information content (AvgIpc) is 2.83. The molecule has 0 aliphatic rings. The molecule has 2 nitrogen and oxygen atoms in total. The zero-order chi connectivity index (χ0) is 10.7. The fraction of sp³-hybridized carbons (Fsp3) is 0.364. The third kappa shape index (κ3) is 2.65. The van der Waals surface area contributed by atoms with Crippen molar-refractivity contribution in [1.82, 2.24) is 10.3 Å². The second kappa shape index (κ2) is 4.88. The summed E-state index contributed by atoms with van der Waals surface area (Å²) < 4.78 is 0. The Bertz CT molecular complexity index is 431. The molecule has 2 aromatic heterocycles. The van der Waals surface area contributed by atoms with Crippen molar-refractivity contribution in [3.8, 4) is 9.88 Å². The van der Waals surface area contributed by atoms with Crippen molar-refractivity contribution in [3.05, 3.63) is 28.1 Å². The summed E-state index contributed by atoms with van der Waals surface area (Å²) in [5, 5.41) is 4.30. The van der Waals surface area contributed by atoms with Crippen LogP contribution in [0.25, 0.3) is 9.88 Å². The molecule has 0 saturated carbocycles. The zero-order valence-electron chi connectivity index (χ0n) is 8.91. The lowest BCUT2D eigenvalue weighted by molar-refractivity contribution is 0.798. The predicted octanol–water partition coefficient (Wildman–Crippen LogP) is 2.94. The monoisotopic (exact) mass is 238 g/mol. The van der Waals surface area contributed by atoms with Gasteiger partial charge in [-0.15, -0.1) is 22.7 Å². The van der Waals surface area contributed by atoms with Crippen molar-refractivity contribution in [2.45, 2.75) is 13.3 Å². The topological polar surface area (TPSA) is 24.9 Å². The van der Waals surface area contributed by atoms with Gasteiger partial charge in [-0.05, 0) is 39.1 Å². The molecular formula is C11H14N2S2. The van der Waals surface area contributed by atoms with Gasteiger partial charge in [-0.25, -0.2) is 4.98 Å². The number of rotatable bonds is 4. The van der Waals surface area contributed by atoms with Crippen molar-refractivity contribution >= 4 is 22.7 Å². The van der Waals surface area contributed by atoms with Gasteiger partial charge in [0.05, 0.1) is 4.88 Å². The van der Waals surface area contributed by atoms with Gasteiger partial charge in [-0.1, -0.05) is 0 Å². The zero-order valence-corrected chi connectivity index (χ0v) is 10.5. The molecule has 0 fully saturated rings. The van der Waals surface area contributed by atoms with E-state index in [1.807, 2.05) is 24.6 Å². The molecule has 0 amide bonds. The maximum absolute atomic E-state index is 4.45. The lowest BCUT2D eigenvalue weighted by Crippen LogP contribution is -2.09. The number of nitrogens with one attached hydrogen (secondary N) is 1. The highest BCUT2D eigenvalue weighted by molar-refractivity contribution is 7.21. The Hall–Kier alpha value is -0.710. The first-order valence-corrected chi connectivity index (χ1v) is 6.59. The average molecular weight is 238 g/mol. The molecule has 0 unspecified atom stereocenters. The molecule has 2 aromatic rings. The fourth-order valence-corrected chi connectivity index (χ4v) is 3.18. The van der Waals surface area contributed by atoms with Gasteiger partial charge in [0.1, 0.15) is 5.01 Å². The van der Waals surface area contributed by atoms with Gasteiger partial charge in [-0.2, -0.15) is 0 Å². The van der Waals surface area contributed by atoms with Crippen LogP contribution in [0.1, 0.15) is 9.75 Å². The third-order valence-corrected chi connectivity index (χ3v) is 4.35. The van der Waals surface area contributed by atoms with Gasteiger partial charge in [0, 0.05) is 16.0 Å². The summed E-state index contributed by atoms with van der Waals surface area (Å²) in [6, 6.07) is 4.30. The van der Waals surface area contributed by atoms with Gasteiger partial charge < -0.3 is 5.32 Å². The minimum Gasteiger partial charge on any atom is -0.319 e. The SMILES string of the molecule is CNCCc1cnc(-c2ccc(C)s2)s1. The minimum atomic E-state index is 1.02. The Morgan fingerprint density at radius 1 is 1.33 bits per heavy atom. The van der Waals surface area contributed by atoms with Gasteiger partial charge in [-0.3, -0.25) is 0 Å². The molecule has 2 rings (SSSR count). The van der Waals surface area contributed by atoms with E-state index in [0.717, 1.165) is 18.0 Å². The summed E-state index contributed by atoms with van der Waals surface area (Å²) in [6.07, 6.45) is 3.06. The van der Waals surface area contributed by atoms with Crippen LogP contribution in [0.4, 0.5) is 0 Å². The van der Waals surface area contributed by atoms with Gasteiger partial charge in [0.25, 0.3) is 0 Å². The summed E-state index contributed by atoms with van der Waals surface area (Å²) in [4.78, 5) is 8.44. The van der Waals surface area contributed by atoms with Crippen LogP contribution in [0.2, 0.25) is 0 Å². The molecule has 0 radical (unpaired) electrons. The summed E-state index contributed by atoms with van der Waals surface area (Å²) in [7, 11) is 1.98. The first kappa shape index (κ1) is 10.8. The third-order valence-electron chi connectivity index (χ3n) is 2.13. The van der Waals surface area contributed by atoms with Gasteiger partial charge in [0.15, 0.2) is 0 Å². The first-order chi connectivity index (χ1) is 7.29. The Labute approximate surface area is 98.0 Å². The molecule has 1 N–H and O–H groups in total. The number of likely N-dealkylation sites (N-methyl/N-ethyl adjacent to an activating group) is 1. The van der Waals surface area contributed by atoms with E-state index >= 15 is 0 Å². The molecular weight excluding hydrogens is 224 g/mol. The molecule has 0 aliphatic heterocycles. The molecule has 0 aliphatic carbocycles. The number of aromatic nitrogens is 1. The van der Waals surface area contributed by atoms with Crippen LogP contribution >= 0.6 is 22.7 Å². The van der Waals surface area contributed by atoms with Crippen molar-refractivity contribution in [1.29, 1.82) is 0 Å². The van der Waals surface area contributed by atoms with Gasteiger partial charge in [0.2, 0.25) is 0 Å². The highest BCUT2D eigenvalue weighted by Gasteiger charge is 2.06. The summed E-state index contributed by atoms with van der Waals surface area (Å²) in [5.74, 6) is 0. The van der Waals surface area contributed by atoms with Crippen LogP contribution in [-0.4, -0.2) is 18.6 Å². The molecule has 4 heteroatoms. The summed E-state index contributed by atoms with van der Waals surface area (Å²) >= 11 is 3.61. The minimum absolute atomic E-state index is 1.02. The van der Waals surface area contributed by atoms with Crippen molar-refractivity contribution in [2.75, 3.05) is 13.6 Å². The van der Waals surface area contributed by atoms with Crippen molar-refractivity contribution in [3.63, 3.8) is 0 Å². The number of thiazole rings is 1. The predicted molar refractivity (Wildman–Crippen MR) is 67.8 cm³/mol. The molecule has 0 bridgehead atoms. The standard InChI is InChI=1S/C11H14N2S2/c1-8-3-4-10(14-8)11-13-7-9(15-11)5-6-12-2/h3-4,7,12H,5-6H2,1-2H3. The lowest BCUT2D eigenvalue weighted by Gasteiger charge is -1.93. The number of hydrogen-bond acceptors (Lipinski definition) is 4. The second-order valence-corrected chi connectivity index (χ2v) is 5.80. The fourth-order valence-electron chi connectivity index (χ4n) is 1.33. The Balaban J connectivity index is 2.13. The maximum atomic E-state index is 4.45. The van der Waals surface area contributed by atoms with E-state index < -0.39 is 0 Å². The van der Waals surface area contributed by atoms with Crippen LogP contribution in [0.3, 0.4) is 0 Å². The molecule has 0 atom stereocenters. The van der Waals surface area contributed by atoms with Crippen LogP contribution in [0.5, 0.6) is 0 Å². The summed E-state index contributed by atoms with van der Waals surface area (Å²) in [6.45, 7) is 3.15. The Morgan fingerprint density at radius 2 is 2.20 bits per heavy atom. The normalized spacial score (nSPS) is 10.8. The Morgan fingerprint density at radius 3 is 2.87 bits per heavy atom. The van der Waals surface area contributed by atoms with Crippen LogP contribution in [-0.2, 0) is 6.42 Å². The van der Waals surface area contributed by atoms with Crippen molar-refractivity contribution < 1.29 is 0 Å². The first-order valence-electron chi connectivity index (χ1n) is 4.95. The molecule has 80 valence electrons. The Kier molecular flexibility index (Phi) is 3.51. The molecule has 0 aromatic carbocycles. The van der Waals surface area contributed by atoms with E-state index in [9.17, 15) is 0 Å². The second-order valence-electron chi connectivity index (χ2n) is 3.40. The highest BCUT2D eigenvalue weighted by atomic mass is 32.1. The van der Waals surface area contributed by atoms with Crippen molar-refractivity contribution in [2.24, 2.45) is 0 Å². The van der Waals surface area contributed by atoms with Gasteiger partial charge >= 0.3 is 0 Å². The quantitative estimate of drug-likeness (QED) is 0.886. The molecule has 2 heterocycles. The molecule has 15 heavy (non-hydrogen) atoms. The van der Waals surface area contributed by atoms with E-state index in [0.29, 0.717) is 0 Å². The van der Waals surface area contributed by atoms with E-state index in [4.69, 9.17) is 0 Å². The maximum Gasteiger partial charge on any atom is 0.133 e. The number of hydrogen-bond donors (Lipinski definition) is 1. The van der Waals surface area contributed by atoms with Crippen LogP contribution in [0.15, 0.2) is 18.3 Å². The lowest BCUT2D eigenvalue weighted by atomic mass is 10.4. The number of thiophene rings is 1. The van der Waals surface area contributed by atoms with E-state index in [2.05, 4.69) is 29.4 Å².